The van der Waals surface area contributed by atoms with E-state index >= 15 is 0 Å². The van der Waals surface area contributed by atoms with E-state index in [2.05, 4.69) is 6.58 Å². The first kappa shape index (κ1) is 9.62. The quantitative estimate of drug-likeness (QED) is 0.339. The van der Waals surface area contributed by atoms with E-state index in [0.29, 0.717) is 17.8 Å². The second-order valence-electron chi connectivity index (χ2n) is 2.67. The van der Waals surface area contributed by atoms with Crippen molar-refractivity contribution in [3.05, 3.63) is 12.7 Å². The Balaban J connectivity index is 3.51. The van der Waals surface area contributed by atoms with Crippen molar-refractivity contribution in [3.63, 3.8) is 0 Å². The summed E-state index contributed by atoms with van der Waals surface area (Å²) >= 11 is 0. The zero-order valence-electron chi connectivity index (χ0n) is 6.84. The molecule has 0 amide bonds. The van der Waals surface area contributed by atoms with Gasteiger partial charge in [-0.2, -0.15) is 9.48 Å². The molecular weight excluding hydrogens is 128 g/mol. The van der Waals surface area contributed by atoms with Gasteiger partial charge in [-0.25, -0.2) is 0 Å². The van der Waals surface area contributed by atoms with Crippen LogP contribution in [0.15, 0.2) is 12.7 Å². The second kappa shape index (κ2) is 4.44. The fourth-order valence-corrected chi connectivity index (χ4v) is 0.630. The van der Waals surface area contributed by atoms with Crippen LogP contribution in [0.25, 0.3) is 0 Å². The number of nitrogens with zero attached hydrogens (tertiary/aromatic N) is 1. The minimum absolute atomic E-state index is 0.502. The zero-order chi connectivity index (χ0) is 8.04. The summed E-state index contributed by atoms with van der Waals surface area (Å²) < 4.78 is 0.502. The fourth-order valence-electron chi connectivity index (χ4n) is 0.630. The molecule has 60 valence electrons. The minimum Gasteiger partial charge on any atom is -0.325 e. The lowest BCUT2D eigenvalue weighted by molar-refractivity contribution is -1.07. The maximum atomic E-state index is 5.36. The number of hydrogen-bond donors (Lipinski definition) is 1. The van der Waals surface area contributed by atoms with Gasteiger partial charge in [-0.1, -0.05) is 6.08 Å². The van der Waals surface area contributed by atoms with Gasteiger partial charge in [-0.15, -0.1) is 6.58 Å². The lowest BCUT2D eigenvalue weighted by Gasteiger charge is -2.25. The monoisotopic (exact) mass is 145 g/mol. The molecule has 3 nitrogen and oxygen atoms in total. The molecule has 0 fully saturated rings. The molecule has 0 spiro atoms. The van der Waals surface area contributed by atoms with Gasteiger partial charge in [0.2, 0.25) is 0 Å². The molecular formula is C7H17N2O+. The van der Waals surface area contributed by atoms with Crippen LogP contribution < -0.4 is 5.73 Å². The first-order chi connectivity index (χ1) is 4.62. The molecule has 0 saturated heterocycles. The Morgan fingerprint density at radius 3 is 2.60 bits per heavy atom. The van der Waals surface area contributed by atoms with Crippen molar-refractivity contribution >= 4 is 0 Å². The van der Waals surface area contributed by atoms with Crippen molar-refractivity contribution in [2.75, 3.05) is 33.8 Å². The lowest BCUT2D eigenvalue weighted by atomic mass is 10.6. The van der Waals surface area contributed by atoms with Crippen molar-refractivity contribution < 1.29 is 9.48 Å². The van der Waals surface area contributed by atoms with E-state index in [1.807, 2.05) is 14.1 Å². The second-order valence-corrected chi connectivity index (χ2v) is 2.67. The van der Waals surface area contributed by atoms with Crippen molar-refractivity contribution in [1.29, 1.82) is 0 Å². The molecule has 0 rings (SSSR count). The maximum Gasteiger partial charge on any atom is 0.124 e. The molecule has 0 aromatic rings. The molecule has 0 aromatic heterocycles. The third-order valence-electron chi connectivity index (χ3n) is 1.21. The van der Waals surface area contributed by atoms with E-state index in [0.717, 1.165) is 6.54 Å². The van der Waals surface area contributed by atoms with Crippen molar-refractivity contribution in [2.45, 2.75) is 0 Å². The predicted molar refractivity (Wildman–Crippen MR) is 42.2 cm³/mol. The van der Waals surface area contributed by atoms with Gasteiger partial charge in [0.05, 0.1) is 14.1 Å². The third kappa shape index (κ3) is 4.49. The molecule has 0 radical (unpaired) electrons. The van der Waals surface area contributed by atoms with Gasteiger partial charge in [0.15, 0.2) is 0 Å². The Bertz CT molecular complexity index is 102. The number of rotatable bonds is 5. The molecule has 0 aromatic carbocycles. The van der Waals surface area contributed by atoms with Crippen LogP contribution in [0.1, 0.15) is 0 Å². The summed E-state index contributed by atoms with van der Waals surface area (Å²) in [4.78, 5) is 5.36. The lowest BCUT2D eigenvalue weighted by Crippen LogP contribution is -2.43. The van der Waals surface area contributed by atoms with Crippen LogP contribution in [-0.4, -0.2) is 38.4 Å². The molecule has 0 aliphatic rings. The number of hydrogen-bond acceptors (Lipinski definition) is 2. The first-order valence-corrected chi connectivity index (χ1v) is 3.41. The number of likely N-dealkylation sites (N-methyl/N-ethyl adjacent to an activating group) is 1. The minimum atomic E-state index is 0.502. The summed E-state index contributed by atoms with van der Waals surface area (Å²) in [5.74, 6) is 0. The van der Waals surface area contributed by atoms with E-state index in [-0.39, 0.29) is 0 Å². The van der Waals surface area contributed by atoms with Crippen molar-refractivity contribution in [3.8, 4) is 0 Å². The number of nitrogens with two attached hydrogens (primary N) is 1. The fraction of sp³-hybridized carbons (Fsp3) is 0.714. The predicted octanol–water partition coefficient (Wildman–Crippen LogP) is 0.139. The van der Waals surface area contributed by atoms with Gasteiger partial charge >= 0.3 is 0 Å². The summed E-state index contributed by atoms with van der Waals surface area (Å²) in [6, 6.07) is 0. The molecule has 2 N–H and O–H groups in total. The summed E-state index contributed by atoms with van der Waals surface area (Å²) in [7, 11) is 3.94. The Labute approximate surface area is 62.6 Å². The molecule has 10 heavy (non-hydrogen) atoms. The summed E-state index contributed by atoms with van der Waals surface area (Å²) in [5, 5.41) is 0. The highest BCUT2D eigenvalue weighted by atomic mass is 16.7. The van der Waals surface area contributed by atoms with E-state index in [1.165, 1.54) is 0 Å². The first-order valence-electron chi connectivity index (χ1n) is 3.41. The summed E-state index contributed by atoms with van der Waals surface area (Å²) in [6.45, 7) is 5.60. The molecule has 0 aliphatic heterocycles. The van der Waals surface area contributed by atoms with Crippen LogP contribution >= 0.6 is 0 Å². The highest BCUT2D eigenvalue weighted by molar-refractivity contribution is 4.62. The van der Waals surface area contributed by atoms with E-state index in [4.69, 9.17) is 10.6 Å². The molecule has 0 heterocycles. The largest absolute Gasteiger partial charge is 0.325 e. The molecule has 3 heteroatoms. The Morgan fingerprint density at radius 1 is 1.60 bits per heavy atom. The van der Waals surface area contributed by atoms with E-state index in [1.54, 1.807) is 6.08 Å². The van der Waals surface area contributed by atoms with Crippen LogP contribution in [0.4, 0.5) is 0 Å². The Morgan fingerprint density at radius 2 is 2.20 bits per heavy atom. The Kier molecular flexibility index (Phi) is 4.27. The average molecular weight is 145 g/mol. The Hall–Kier alpha value is -0.380. The van der Waals surface area contributed by atoms with Gasteiger partial charge in [0.1, 0.15) is 13.2 Å². The van der Waals surface area contributed by atoms with Gasteiger partial charge in [0, 0.05) is 6.54 Å². The normalized spacial score (nSPS) is 11.5. The summed E-state index contributed by atoms with van der Waals surface area (Å²) in [5.41, 5.74) is 5.36. The highest BCUT2D eigenvalue weighted by Crippen LogP contribution is 1.96. The van der Waals surface area contributed by atoms with Crippen LogP contribution in [0.2, 0.25) is 0 Å². The van der Waals surface area contributed by atoms with Crippen molar-refractivity contribution in [2.24, 2.45) is 5.73 Å². The molecule has 0 atom stereocenters. The van der Waals surface area contributed by atoms with E-state index in [9.17, 15) is 0 Å². The standard InChI is InChI=1S/C7H17N2O/c1-4-7-10-9(2,3)6-5-8/h4H,1,5-8H2,2-3H3/q+1. The number of quaternary nitrogens is 1. The molecule has 0 aliphatic carbocycles. The SMILES string of the molecule is C=CCO[N+](C)(C)CCN. The van der Waals surface area contributed by atoms with Crippen molar-refractivity contribution in [1.82, 2.24) is 0 Å². The number of hydroxylamine groups is 3. The highest BCUT2D eigenvalue weighted by Gasteiger charge is 2.13. The summed E-state index contributed by atoms with van der Waals surface area (Å²) in [6.07, 6.45) is 1.73. The van der Waals surface area contributed by atoms with Gasteiger partial charge in [-0.3, -0.25) is 0 Å². The molecule has 0 unspecified atom stereocenters. The molecule has 0 saturated carbocycles. The van der Waals surface area contributed by atoms with Crippen LogP contribution in [0.3, 0.4) is 0 Å². The third-order valence-corrected chi connectivity index (χ3v) is 1.21. The van der Waals surface area contributed by atoms with Crippen LogP contribution in [-0.2, 0) is 4.84 Å². The van der Waals surface area contributed by atoms with Gasteiger partial charge in [-0.05, 0) is 0 Å². The molecule has 0 bridgehead atoms. The smallest absolute Gasteiger partial charge is 0.124 e. The van der Waals surface area contributed by atoms with Crippen LogP contribution in [0, 0.1) is 0 Å². The zero-order valence-corrected chi connectivity index (χ0v) is 6.84. The maximum absolute atomic E-state index is 5.36. The average Bonchev–Trinajstić information content (AvgIpc) is 1.84. The van der Waals surface area contributed by atoms with Gasteiger partial charge < -0.3 is 5.73 Å². The van der Waals surface area contributed by atoms with E-state index < -0.39 is 0 Å². The van der Waals surface area contributed by atoms with Crippen LogP contribution in [0.5, 0.6) is 0 Å². The van der Waals surface area contributed by atoms with Gasteiger partial charge in [0.25, 0.3) is 0 Å². The topological polar surface area (TPSA) is 35.2 Å².